The second kappa shape index (κ2) is 7.85. The molecule has 1 atom stereocenters. The first-order valence-electron chi connectivity index (χ1n) is 7.59. The van der Waals surface area contributed by atoms with Gasteiger partial charge in [0.1, 0.15) is 5.82 Å². The molecule has 20 heavy (non-hydrogen) atoms. The molecule has 2 aromatic rings. The van der Waals surface area contributed by atoms with Gasteiger partial charge in [-0.2, -0.15) is 0 Å². The van der Waals surface area contributed by atoms with Gasteiger partial charge in [0, 0.05) is 31.4 Å². The molecule has 0 radical (unpaired) electrons. The molecule has 1 aromatic carbocycles. The Hall–Kier alpha value is -1.61. The Balaban J connectivity index is 1.75. The van der Waals surface area contributed by atoms with E-state index in [9.17, 15) is 0 Å². The normalized spacial score (nSPS) is 12.5. The van der Waals surface area contributed by atoms with Gasteiger partial charge >= 0.3 is 0 Å². The molecule has 0 bridgehead atoms. The Labute approximate surface area is 121 Å². The average Bonchev–Trinajstić information content (AvgIpc) is 2.88. The van der Waals surface area contributed by atoms with Crippen molar-refractivity contribution in [2.75, 3.05) is 0 Å². The lowest BCUT2D eigenvalue weighted by Crippen LogP contribution is -2.24. The van der Waals surface area contributed by atoms with Crippen molar-refractivity contribution in [1.29, 1.82) is 0 Å². The van der Waals surface area contributed by atoms with Crippen LogP contribution in [0, 0.1) is 0 Å². The van der Waals surface area contributed by atoms with E-state index in [1.54, 1.807) is 0 Å². The molecular weight excluding hydrogens is 246 g/mol. The standard InChI is InChI=1S/C17H25N3/c1-2-12-20-13-11-19-17(20)14-16(18)10-6-9-15-7-4-3-5-8-15/h3-5,7-8,11,13,16H,2,6,9-10,12,14,18H2,1H3. The molecule has 0 saturated carbocycles. The Morgan fingerprint density at radius 2 is 2.05 bits per heavy atom. The van der Waals surface area contributed by atoms with Crippen molar-refractivity contribution in [3.05, 3.63) is 54.1 Å². The van der Waals surface area contributed by atoms with Gasteiger partial charge in [-0.1, -0.05) is 37.3 Å². The quantitative estimate of drug-likeness (QED) is 0.801. The molecule has 0 amide bonds. The molecule has 0 aliphatic heterocycles. The zero-order chi connectivity index (χ0) is 14.2. The molecule has 2 rings (SSSR count). The van der Waals surface area contributed by atoms with Crippen LogP contribution in [0.1, 0.15) is 37.6 Å². The molecule has 0 saturated heterocycles. The lowest BCUT2D eigenvalue weighted by Gasteiger charge is -2.12. The topological polar surface area (TPSA) is 43.8 Å². The van der Waals surface area contributed by atoms with Crippen LogP contribution >= 0.6 is 0 Å². The smallest absolute Gasteiger partial charge is 0.110 e. The molecule has 0 aliphatic carbocycles. The SMILES string of the molecule is CCCn1ccnc1CC(N)CCCc1ccccc1. The van der Waals surface area contributed by atoms with Crippen LogP contribution in [0.15, 0.2) is 42.7 Å². The third-order valence-electron chi connectivity index (χ3n) is 3.59. The largest absolute Gasteiger partial charge is 0.335 e. The van der Waals surface area contributed by atoms with Gasteiger partial charge in [-0.15, -0.1) is 0 Å². The maximum Gasteiger partial charge on any atom is 0.110 e. The molecule has 3 heteroatoms. The summed E-state index contributed by atoms with van der Waals surface area (Å²) in [6.45, 7) is 3.22. The average molecular weight is 271 g/mol. The zero-order valence-electron chi connectivity index (χ0n) is 12.3. The van der Waals surface area contributed by atoms with Crippen molar-refractivity contribution in [3.8, 4) is 0 Å². The van der Waals surface area contributed by atoms with E-state index in [0.29, 0.717) is 0 Å². The Kier molecular flexibility index (Phi) is 5.81. The molecule has 0 spiro atoms. The summed E-state index contributed by atoms with van der Waals surface area (Å²) in [5.41, 5.74) is 7.64. The van der Waals surface area contributed by atoms with Crippen molar-refractivity contribution >= 4 is 0 Å². The fourth-order valence-corrected chi connectivity index (χ4v) is 2.52. The number of hydrogen-bond acceptors (Lipinski definition) is 2. The number of benzene rings is 1. The van der Waals surface area contributed by atoms with E-state index in [4.69, 9.17) is 5.73 Å². The summed E-state index contributed by atoms with van der Waals surface area (Å²) < 4.78 is 2.22. The molecule has 3 nitrogen and oxygen atoms in total. The highest BCUT2D eigenvalue weighted by atomic mass is 15.1. The van der Waals surface area contributed by atoms with E-state index in [0.717, 1.165) is 44.5 Å². The summed E-state index contributed by atoms with van der Waals surface area (Å²) in [6, 6.07) is 10.8. The van der Waals surface area contributed by atoms with E-state index in [2.05, 4.69) is 53.0 Å². The summed E-state index contributed by atoms with van der Waals surface area (Å²) in [5, 5.41) is 0. The van der Waals surface area contributed by atoms with Gasteiger partial charge in [0.2, 0.25) is 0 Å². The Morgan fingerprint density at radius 3 is 2.80 bits per heavy atom. The van der Waals surface area contributed by atoms with Gasteiger partial charge in [0.15, 0.2) is 0 Å². The molecular formula is C17H25N3. The van der Waals surface area contributed by atoms with Crippen LogP contribution in [0.25, 0.3) is 0 Å². The maximum absolute atomic E-state index is 6.24. The predicted octanol–water partition coefficient (Wildman–Crippen LogP) is 3.19. The third kappa shape index (κ3) is 4.49. The number of aryl methyl sites for hydroxylation is 2. The minimum Gasteiger partial charge on any atom is -0.335 e. The summed E-state index contributed by atoms with van der Waals surface area (Å²) in [7, 11) is 0. The van der Waals surface area contributed by atoms with E-state index in [1.807, 2.05) is 6.20 Å². The molecule has 1 unspecified atom stereocenters. The van der Waals surface area contributed by atoms with Crippen molar-refractivity contribution in [3.63, 3.8) is 0 Å². The molecule has 0 aliphatic rings. The number of hydrogen-bond donors (Lipinski definition) is 1. The first-order chi connectivity index (χ1) is 9.79. The monoisotopic (exact) mass is 271 g/mol. The highest BCUT2D eigenvalue weighted by molar-refractivity contribution is 5.14. The van der Waals surface area contributed by atoms with Crippen LogP contribution in [0.3, 0.4) is 0 Å². The summed E-state index contributed by atoms with van der Waals surface area (Å²) in [5.74, 6) is 1.12. The fourth-order valence-electron chi connectivity index (χ4n) is 2.52. The first kappa shape index (κ1) is 14.8. The molecule has 108 valence electrons. The summed E-state index contributed by atoms with van der Waals surface area (Å²) in [6.07, 6.45) is 9.23. The van der Waals surface area contributed by atoms with Gasteiger partial charge in [-0.3, -0.25) is 0 Å². The number of imidazole rings is 1. The first-order valence-corrected chi connectivity index (χ1v) is 7.59. The molecule has 2 N–H and O–H groups in total. The lowest BCUT2D eigenvalue weighted by atomic mass is 10.0. The predicted molar refractivity (Wildman–Crippen MR) is 83.6 cm³/mol. The van der Waals surface area contributed by atoms with Crippen molar-refractivity contribution in [2.45, 2.75) is 51.6 Å². The van der Waals surface area contributed by atoms with Crippen molar-refractivity contribution in [2.24, 2.45) is 5.73 Å². The zero-order valence-corrected chi connectivity index (χ0v) is 12.3. The minimum atomic E-state index is 0.205. The number of nitrogens with zero attached hydrogens (tertiary/aromatic N) is 2. The highest BCUT2D eigenvalue weighted by Crippen LogP contribution is 2.09. The fraction of sp³-hybridized carbons (Fsp3) is 0.471. The van der Waals surface area contributed by atoms with Gasteiger partial charge in [-0.05, 0) is 31.2 Å². The minimum absolute atomic E-state index is 0.205. The van der Waals surface area contributed by atoms with E-state index in [1.165, 1.54) is 5.56 Å². The highest BCUT2D eigenvalue weighted by Gasteiger charge is 2.08. The van der Waals surface area contributed by atoms with Crippen molar-refractivity contribution < 1.29 is 0 Å². The second-order valence-electron chi connectivity index (χ2n) is 5.38. The van der Waals surface area contributed by atoms with Crippen LogP contribution in [0.5, 0.6) is 0 Å². The van der Waals surface area contributed by atoms with E-state index in [-0.39, 0.29) is 6.04 Å². The van der Waals surface area contributed by atoms with E-state index < -0.39 is 0 Å². The third-order valence-corrected chi connectivity index (χ3v) is 3.59. The second-order valence-corrected chi connectivity index (χ2v) is 5.38. The van der Waals surface area contributed by atoms with Gasteiger partial charge < -0.3 is 10.3 Å². The van der Waals surface area contributed by atoms with Crippen LogP contribution in [0.4, 0.5) is 0 Å². The Bertz CT molecular complexity index is 490. The van der Waals surface area contributed by atoms with Crippen LogP contribution in [-0.2, 0) is 19.4 Å². The maximum atomic E-state index is 6.24. The Morgan fingerprint density at radius 1 is 1.25 bits per heavy atom. The molecule has 1 heterocycles. The summed E-state index contributed by atoms with van der Waals surface area (Å²) >= 11 is 0. The van der Waals surface area contributed by atoms with Crippen LogP contribution in [0.2, 0.25) is 0 Å². The molecule has 0 fully saturated rings. The number of nitrogens with two attached hydrogens (primary N) is 1. The van der Waals surface area contributed by atoms with E-state index >= 15 is 0 Å². The molecule has 1 aromatic heterocycles. The number of aromatic nitrogens is 2. The van der Waals surface area contributed by atoms with Crippen LogP contribution in [-0.4, -0.2) is 15.6 Å². The van der Waals surface area contributed by atoms with Gasteiger partial charge in [-0.25, -0.2) is 4.98 Å². The van der Waals surface area contributed by atoms with Crippen molar-refractivity contribution in [1.82, 2.24) is 9.55 Å². The van der Waals surface area contributed by atoms with Gasteiger partial charge in [0.25, 0.3) is 0 Å². The summed E-state index contributed by atoms with van der Waals surface area (Å²) in [4.78, 5) is 4.42. The number of rotatable bonds is 8. The van der Waals surface area contributed by atoms with Gasteiger partial charge in [0.05, 0.1) is 0 Å². The lowest BCUT2D eigenvalue weighted by molar-refractivity contribution is 0.541. The van der Waals surface area contributed by atoms with Crippen LogP contribution < -0.4 is 5.73 Å².